The van der Waals surface area contributed by atoms with E-state index in [0.29, 0.717) is 11.8 Å². The lowest BCUT2D eigenvalue weighted by molar-refractivity contribution is 0.0526. The maximum atomic E-state index is 11.8. The van der Waals surface area contributed by atoms with Crippen LogP contribution in [0.25, 0.3) is 0 Å². The highest BCUT2D eigenvalue weighted by molar-refractivity contribution is 9.10. The van der Waals surface area contributed by atoms with Gasteiger partial charge in [0.1, 0.15) is 6.29 Å². The summed E-state index contributed by atoms with van der Waals surface area (Å²) in [5.74, 6) is -0.735. The SMILES string of the molecule is CCOC(=O)c1cc(C=O)cc(C(=O)C(C)Br)c1. The molecule has 0 heterocycles. The molecule has 1 aromatic rings. The van der Waals surface area contributed by atoms with Gasteiger partial charge in [0.05, 0.1) is 17.0 Å². The van der Waals surface area contributed by atoms with Crippen molar-refractivity contribution in [2.75, 3.05) is 6.61 Å². The molecule has 0 fully saturated rings. The Morgan fingerprint density at radius 2 is 1.94 bits per heavy atom. The molecule has 5 heteroatoms. The topological polar surface area (TPSA) is 60.4 Å². The van der Waals surface area contributed by atoms with E-state index in [2.05, 4.69) is 15.9 Å². The summed E-state index contributed by atoms with van der Waals surface area (Å²) in [5.41, 5.74) is 0.794. The Kier molecular flexibility index (Phi) is 5.22. The summed E-state index contributed by atoms with van der Waals surface area (Å²) in [7, 11) is 0. The number of carbonyl (C=O) groups is 3. The molecule has 0 bridgehead atoms. The van der Waals surface area contributed by atoms with Crippen LogP contribution < -0.4 is 0 Å². The lowest BCUT2D eigenvalue weighted by atomic mass is 10.0. The molecule has 1 atom stereocenters. The summed E-state index contributed by atoms with van der Waals surface area (Å²) in [6.45, 7) is 3.61. The van der Waals surface area contributed by atoms with Crippen LogP contribution in [0.15, 0.2) is 18.2 Å². The quantitative estimate of drug-likeness (QED) is 0.363. The first kappa shape index (κ1) is 14.6. The molecule has 18 heavy (non-hydrogen) atoms. The van der Waals surface area contributed by atoms with E-state index in [4.69, 9.17) is 4.74 Å². The lowest BCUT2D eigenvalue weighted by Crippen LogP contribution is -2.13. The molecule has 1 unspecified atom stereocenters. The normalized spacial score (nSPS) is 11.7. The zero-order valence-electron chi connectivity index (χ0n) is 10.1. The number of alkyl halides is 1. The fourth-order valence-corrected chi connectivity index (χ4v) is 1.69. The maximum absolute atomic E-state index is 11.8. The number of carbonyl (C=O) groups excluding carboxylic acids is 3. The largest absolute Gasteiger partial charge is 0.462 e. The van der Waals surface area contributed by atoms with Gasteiger partial charge in [0.25, 0.3) is 0 Å². The number of rotatable bonds is 5. The zero-order valence-corrected chi connectivity index (χ0v) is 11.7. The molecule has 0 aliphatic carbocycles. The summed E-state index contributed by atoms with van der Waals surface area (Å²) >= 11 is 3.16. The third-order valence-corrected chi connectivity index (χ3v) is 2.66. The van der Waals surface area contributed by atoms with E-state index in [1.54, 1.807) is 13.8 Å². The predicted octanol–water partition coefficient (Wildman–Crippen LogP) is 2.64. The van der Waals surface area contributed by atoms with Crippen LogP contribution in [0.1, 0.15) is 44.9 Å². The number of hydrogen-bond donors (Lipinski definition) is 0. The molecule has 0 aromatic heterocycles. The molecule has 0 saturated heterocycles. The number of hydrogen-bond acceptors (Lipinski definition) is 4. The van der Waals surface area contributed by atoms with Gasteiger partial charge in [-0.05, 0) is 32.0 Å². The van der Waals surface area contributed by atoms with E-state index in [0.717, 1.165) is 0 Å². The number of ketones is 1. The van der Waals surface area contributed by atoms with Crippen LogP contribution in [0.5, 0.6) is 0 Å². The molecule has 0 spiro atoms. The van der Waals surface area contributed by atoms with Crippen molar-refractivity contribution in [2.24, 2.45) is 0 Å². The number of aldehydes is 1. The second-order valence-corrected chi connectivity index (χ2v) is 5.04. The maximum Gasteiger partial charge on any atom is 0.338 e. The number of esters is 1. The number of Topliss-reactive ketones (excluding diaryl/α,β-unsaturated/α-hetero) is 1. The van der Waals surface area contributed by atoms with Crippen molar-refractivity contribution >= 4 is 34.0 Å². The highest BCUT2D eigenvalue weighted by Gasteiger charge is 2.16. The monoisotopic (exact) mass is 312 g/mol. The van der Waals surface area contributed by atoms with Crippen molar-refractivity contribution in [3.63, 3.8) is 0 Å². The van der Waals surface area contributed by atoms with Crippen molar-refractivity contribution in [3.05, 3.63) is 34.9 Å². The summed E-state index contributed by atoms with van der Waals surface area (Å²) in [6, 6.07) is 4.29. The number of benzene rings is 1. The first-order chi connectivity index (χ1) is 8.49. The molecule has 0 amide bonds. The van der Waals surface area contributed by atoms with Crippen LogP contribution >= 0.6 is 15.9 Å². The second kappa shape index (κ2) is 6.44. The van der Waals surface area contributed by atoms with Gasteiger partial charge < -0.3 is 4.74 Å². The van der Waals surface area contributed by atoms with Gasteiger partial charge in [-0.1, -0.05) is 15.9 Å². The first-order valence-electron chi connectivity index (χ1n) is 5.45. The van der Waals surface area contributed by atoms with Crippen molar-refractivity contribution in [1.29, 1.82) is 0 Å². The van der Waals surface area contributed by atoms with Crippen LogP contribution in [-0.2, 0) is 4.74 Å². The molecule has 0 radical (unpaired) electrons. The molecule has 4 nitrogen and oxygen atoms in total. The van der Waals surface area contributed by atoms with Crippen molar-refractivity contribution in [3.8, 4) is 0 Å². The molecule has 0 aliphatic heterocycles. The minimum atomic E-state index is -0.544. The van der Waals surface area contributed by atoms with Crippen LogP contribution in [0, 0.1) is 0 Å². The predicted molar refractivity (Wildman–Crippen MR) is 70.5 cm³/mol. The average molecular weight is 313 g/mol. The molecule has 96 valence electrons. The Bertz CT molecular complexity index is 480. The third-order valence-electron chi connectivity index (χ3n) is 2.25. The Balaban J connectivity index is 3.21. The van der Waals surface area contributed by atoms with Crippen molar-refractivity contribution in [1.82, 2.24) is 0 Å². The van der Waals surface area contributed by atoms with Crippen LogP contribution in [0.3, 0.4) is 0 Å². The standard InChI is InChI=1S/C13H13BrO4/c1-3-18-13(17)11-5-9(7-15)4-10(6-11)12(16)8(2)14/h4-8H,3H2,1-2H3. The molecular formula is C13H13BrO4. The van der Waals surface area contributed by atoms with Crippen LogP contribution in [0.4, 0.5) is 0 Å². The fraction of sp³-hybridized carbons (Fsp3) is 0.308. The van der Waals surface area contributed by atoms with Crippen LogP contribution in [0.2, 0.25) is 0 Å². The van der Waals surface area contributed by atoms with E-state index >= 15 is 0 Å². The van der Waals surface area contributed by atoms with E-state index in [1.807, 2.05) is 0 Å². The number of halogens is 1. The van der Waals surface area contributed by atoms with E-state index in [1.165, 1.54) is 18.2 Å². The average Bonchev–Trinajstić information content (AvgIpc) is 2.37. The first-order valence-corrected chi connectivity index (χ1v) is 6.36. The van der Waals surface area contributed by atoms with Crippen LogP contribution in [-0.4, -0.2) is 29.5 Å². The minimum absolute atomic E-state index is 0.191. The lowest BCUT2D eigenvalue weighted by Gasteiger charge is -2.07. The zero-order chi connectivity index (χ0) is 13.7. The van der Waals surface area contributed by atoms with Gasteiger partial charge >= 0.3 is 5.97 Å². The van der Waals surface area contributed by atoms with Gasteiger partial charge in [-0.2, -0.15) is 0 Å². The van der Waals surface area contributed by atoms with E-state index < -0.39 is 5.97 Å². The smallest absolute Gasteiger partial charge is 0.338 e. The van der Waals surface area contributed by atoms with E-state index in [-0.39, 0.29) is 28.3 Å². The Hall–Kier alpha value is -1.49. The van der Waals surface area contributed by atoms with Gasteiger partial charge in [-0.25, -0.2) is 4.79 Å². The highest BCUT2D eigenvalue weighted by atomic mass is 79.9. The molecular weight excluding hydrogens is 300 g/mol. The summed E-state index contributed by atoms with van der Waals surface area (Å²) in [4.78, 5) is 33.9. The third kappa shape index (κ3) is 3.50. The van der Waals surface area contributed by atoms with Gasteiger partial charge in [0.15, 0.2) is 5.78 Å². The van der Waals surface area contributed by atoms with Crippen molar-refractivity contribution in [2.45, 2.75) is 18.7 Å². The summed E-state index contributed by atoms with van der Waals surface area (Å²) < 4.78 is 4.84. The van der Waals surface area contributed by atoms with Gasteiger partial charge in [0.2, 0.25) is 0 Å². The molecule has 1 aromatic carbocycles. The minimum Gasteiger partial charge on any atom is -0.462 e. The molecule has 0 aliphatic rings. The Morgan fingerprint density at radius 1 is 1.33 bits per heavy atom. The molecule has 1 rings (SSSR count). The Labute approximate surface area is 113 Å². The van der Waals surface area contributed by atoms with Crippen molar-refractivity contribution < 1.29 is 19.1 Å². The summed E-state index contributed by atoms with van der Waals surface area (Å²) in [6.07, 6.45) is 0.596. The second-order valence-electron chi connectivity index (χ2n) is 3.66. The van der Waals surface area contributed by atoms with Gasteiger partial charge in [-0.3, -0.25) is 9.59 Å². The fourth-order valence-electron chi connectivity index (χ4n) is 1.42. The molecule has 0 saturated carbocycles. The van der Waals surface area contributed by atoms with E-state index in [9.17, 15) is 14.4 Å². The molecule has 0 N–H and O–H groups in total. The number of ether oxygens (including phenoxy) is 1. The van der Waals surface area contributed by atoms with Gasteiger partial charge in [0, 0.05) is 11.1 Å². The van der Waals surface area contributed by atoms with Gasteiger partial charge in [-0.15, -0.1) is 0 Å². The summed E-state index contributed by atoms with van der Waals surface area (Å²) in [5, 5.41) is 0. The highest BCUT2D eigenvalue weighted by Crippen LogP contribution is 2.15. The Morgan fingerprint density at radius 3 is 2.44 bits per heavy atom.